The average Bonchev–Trinajstić information content (AvgIpc) is 2.68. The molecule has 0 saturated heterocycles. The molecule has 0 aliphatic rings. The summed E-state index contributed by atoms with van der Waals surface area (Å²) < 4.78 is 21.4. The van der Waals surface area contributed by atoms with Crippen LogP contribution in [0, 0.1) is 0 Å². The van der Waals surface area contributed by atoms with Crippen LogP contribution in [0.4, 0.5) is 5.69 Å². The zero-order valence-corrected chi connectivity index (χ0v) is 17.1. The maximum atomic E-state index is 12.4. The average molecular weight is 388 g/mol. The fourth-order valence-corrected chi connectivity index (χ4v) is 2.81. The molecule has 0 aliphatic carbocycles. The van der Waals surface area contributed by atoms with Crippen molar-refractivity contribution in [3.63, 3.8) is 0 Å². The molecule has 0 unspecified atom stereocenters. The van der Waals surface area contributed by atoms with Gasteiger partial charge < -0.3 is 24.3 Å². The van der Waals surface area contributed by atoms with Gasteiger partial charge in [0.25, 0.3) is 0 Å². The summed E-state index contributed by atoms with van der Waals surface area (Å²) in [6.07, 6.45) is 0. The zero-order chi connectivity index (χ0) is 20.5. The Labute approximate surface area is 166 Å². The Morgan fingerprint density at radius 1 is 0.929 bits per heavy atom. The smallest absolute Gasteiger partial charge is 0.238 e. The maximum absolute atomic E-state index is 12.4. The Hall–Kier alpha value is -2.93. The number of ether oxygens (including phenoxy) is 4. The number of hydrogen-bond donors (Lipinski definition) is 1. The number of benzene rings is 2. The number of anilines is 1. The molecule has 2 aromatic rings. The van der Waals surface area contributed by atoms with Crippen molar-refractivity contribution in [1.82, 2.24) is 4.90 Å². The summed E-state index contributed by atoms with van der Waals surface area (Å²) >= 11 is 0. The van der Waals surface area contributed by atoms with Gasteiger partial charge in [0.2, 0.25) is 5.91 Å². The van der Waals surface area contributed by atoms with Crippen molar-refractivity contribution in [2.75, 3.05) is 46.8 Å². The molecular weight excluding hydrogens is 360 g/mol. The summed E-state index contributed by atoms with van der Waals surface area (Å²) in [5, 5.41) is 2.87. The van der Waals surface area contributed by atoms with Crippen LogP contribution in [0.3, 0.4) is 0 Å². The van der Waals surface area contributed by atoms with Gasteiger partial charge in [0.15, 0.2) is 23.0 Å². The Morgan fingerprint density at radius 2 is 1.57 bits per heavy atom. The number of nitrogens with one attached hydrogen (secondary N) is 1. The third-order valence-corrected chi connectivity index (χ3v) is 4.06. The molecule has 2 aromatic carbocycles. The third-order valence-electron chi connectivity index (χ3n) is 4.06. The first kappa shape index (κ1) is 21.4. The second kappa shape index (κ2) is 10.4. The van der Waals surface area contributed by atoms with E-state index in [4.69, 9.17) is 18.9 Å². The molecule has 2 rings (SSSR count). The van der Waals surface area contributed by atoms with Crippen LogP contribution in [0.2, 0.25) is 0 Å². The van der Waals surface area contributed by atoms with E-state index in [0.717, 1.165) is 5.56 Å². The van der Waals surface area contributed by atoms with Crippen LogP contribution < -0.4 is 24.3 Å². The van der Waals surface area contributed by atoms with Crippen molar-refractivity contribution in [2.45, 2.75) is 13.5 Å². The van der Waals surface area contributed by atoms with Crippen molar-refractivity contribution < 1.29 is 23.7 Å². The molecule has 0 aliphatic heterocycles. The molecule has 0 saturated carbocycles. The predicted molar refractivity (Wildman–Crippen MR) is 109 cm³/mol. The molecule has 1 amide bonds. The number of methoxy groups -OCH3 is 3. The maximum Gasteiger partial charge on any atom is 0.238 e. The molecule has 0 spiro atoms. The van der Waals surface area contributed by atoms with E-state index in [2.05, 4.69) is 5.32 Å². The van der Waals surface area contributed by atoms with Gasteiger partial charge >= 0.3 is 0 Å². The Kier molecular flexibility index (Phi) is 7.95. The van der Waals surface area contributed by atoms with Gasteiger partial charge in [-0.2, -0.15) is 0 Å². The fraction of sp³-hybridized carbons (Fsp3) is 0.381. The molecule has 152 valence electrons. The number of rotatable bonds is 10. The van der Waals surface area contributed by atoms with Crippen LogP contribution in [0.5, 0.6) is 23.0 Å². The Balaban J connectivity index is 1.95. The molecule has 0 bridgehead atoms. The second-order valence-corrected chi connectivity index (χ2v) is 6.21. The first-order chi connectivity index (χ1) is 13.5. The van der Waals surface area contributed by atoms with Gasteiger partial charge in [-0.25, -0.2) is 0 Å². The second-order valence-electron chi connectivity index (χ2n) is 6.21. The third kappa shape index (κ3) is 5.79. The highest BCUT2D eigenvalue weighted by Gasteiger charge is 2.12. The summed E-state index contributed by atoms with van der Waals surface area (Å²) in [6, 6.07) is 11.0. The van der Waals surface area contributed by atoms with Gasteiger partial charge in [-0.1, -0.05) is 6.07 Å². The molecule has 0 atom stereocenters. The SMILES string of the molecule is CCOc1ccc(CN(C)CC(=O)Nc2ccc(OC)c(OC)c2)cc1OC. The number of amides is 1. The molecule has 0 aromatic heterocycles. The first-order valence-corrected chi connectivity index (χ1v) is 9.00. The Bertz CT molecular complexity index is 794. The van der Waals surface area contributed by atoms with E-state index in [1.54, 1.807) is 39.5 Å². The Morgan fingerprint density at radius 3 is 2.21 bits per heavy atom. The summed E-state index contributed by atoms with van der Waals surface area (Å²) in [4.78, 5) is 14.3. The lowest BCUT2D eigenvalue weighted by Gasteiger charge is -2.18. The minimum absolute atomic E-state index is 0.118. The molecule has 7 heteroatoms. The van der Waals surface area contributed by atoms with E-state index < -0.39 is 0 Å². The van der Waals surface area contributed by atoms with Gasteiger partial charge in [0, 0.05) is 18.3 Å². The highest BCUT2D eigenvalue weighted by atomic mass is 16.5. The van der Waals surface area contributed by atoms with E-state index in [1.165, 1.54) is 0 Å². The van der Waals surface area contributed by atoms with Gasteiger partial charge in [0.05, 0.1) is 34.5 Å². The highest BCUT2D eigenvalue weighted by Crippen LogP contribution is 2.30. The van der Waals surface area contributed by atoms with Crippen molar-refractivity contribution >= 4 is 11.6 Å². The number of carbonyl (C=O) groups is 1. The van der Waals surface area contributed by atoms with Gasteiger partial charge in [0.1, 0.15) is 0 Å². The van der Waals surface area contributed by atoms with E-state index in [9.17, 15) is 4.79 Å². The van der Waals surface area contributed by atoms with Crippen LogP contribution in [0.1, 0.15) is 12.5 Å². The van der Waals surface area contributed by atoms with Crippen LogP contribution in [-0.2, 0) is 11.3 Å². The lowest BCUT2D eigenvalue weighted by atomic mass is 10.2. The van der Waals surface area contributed by atoms with Gasteiger partial charge in [-0.3, -0.25) is 9.69 Å². The molecular formula is C21H28N2O5. The number of nitrogens with zero attached hydrogens (tertiary/aromatic N) is 1. The monoisotopic (exact) mass is 388 g/mol. The molecule has 28 heavy (non-hydrogen) atoms. The van der Waals surface area contributed by atoms with Crippen molar-refractivity contribution in [3.05, 3.63) is 42.0 Å². The van der Waals surface area contributed by atoms with Crippen LogP contribution in [0.15, 0.2) is 36.4 Å². The lowest BCUT2D eigenvalue weighted by molar-refractivity contribution is -0.117. The van der Waals surface area contributed by atoms with Crippen molar-refractivity contribution in [3.8, 4) is 23.0 Å². The minimum atomic E-state index is -0.118. The summed E-state index contributed by atoms with van der Waals surface area (Å²) in [7, 11) is 6.63. The van der Waals surface area contributed by atoms with E-state index in [0.29, 0.717) is 41.8 Å². The fourth-order valence-electron chi connectivity index (χ4n) is 2.81. The zero-order valence-electron chi connectivity index (χ0n) is 17.1. The van der Waals surface area contributed by atoms with Crippen LogP contribution in [0.25, 0.3) is 0 Å². The number of hydrogen-bond acceptors (Lipinski definition) is 6. The van der Waals surface area contributed by atoms with E-state index >= 15 is 0 Å². The predicted octanol–water partition coefficient (Wildman–Crippen LogP) is 3.18. The number of likely N-dealkylation sites (N-methyl/N-ethyl adjacent to an activating group) is 1. The minimum Gasteiger partial charge on any atom is -0.493 e. The number of carbonyl (C=O) groups excluding carboxylic acids is 1. The highest BCUT2D eigenvalue weighted by molar-refractivity contribution is 5.92. The van der Waals surface area contributed by atoms with E-state index in [1.807, 2.05) is 37.1 Å². The van der Waals surface area contributed by atoms with Crippen LogP contribution >= 0.6 is 0 Å². The standard InChI is InChI=1S/C21H28N2O5/c1-6-28-18-9-7-15(11-19(18)26-4)13-23(2)14-21(24)22-16-8-10-17(25-3)20(12-16)27-5/h7-12H,6,13-14H2,1-5H3,(H,22,24). The van der Waals surface area contributed by atoms with Crippen LogP contribution in [-0.4, -0.2) is 52.3 Å². The summed E-state index contributed by atoms with van der Waals surface area (Å²) in [5.41, 5.74) is 1.68. The lowest BCUT2D eigenvalue weighted by Crippen LogP contribution is -2.29. The van der Waals surface area contributed by atoms with Crippen molar-refractivity contribution in [2.24, 2.45) is 0 Å². The molecule has 0 radical (unpaired) electrons. The summed E-state index contributed by atoms with van der Waals surface area (Å²) in [6.45, 7) is 3.34. The van der Waals surface area contributed by atoms with Crippen molar-refractivity contribution in [1.29, 1.82) is 0 Å². The molecule has 1 N–H and O–H groups in total. The quantitative estimate of drug-likeness (QED) is 0.674. The van der Waals surface area contributed by atoms with E-state index in [-0.39, 0.29) is 12.5 Å². The van der Waals surface area contributed by atoms with Gasteiger partial charge in [-0.05, 0) is 43.8 Å². The summed E-state index contributed by atoms with van der Waals surface area (Å²) in [5.74, 6) is 2.45. The molecule has 0 fully saturated rings. The largest absolute Gasteiger partial charge is 0.493 e. The molecule has 0 heterocycles. The molecule has 7 nitrogen and oxygen atoms in total. The topological polar surface area (TPSA) is 69.3 Å². The normalized spacial score (nSPS) is 10.5. The van der Waals surface area contributed by atoms with Gasteiger partial charge in [-0.15, -0.1) is 0 Å². The first-order valence-electron chi connectivity index (χ1n) is 9.00.